The molecule has 0 spiro atoms. The van der Waals surface area contributed by atoms with Crippen LogP contribution < -0.4 is 10.2 Å². The molecule has 2 rings (SSSR count). The van der Waals surface area contributed by atoms with Gasteiger partial charge in [0, 0.05) is 18.8 Å². The molecule has 1 amide bonds. The second-order valence-electron chi connectivity index (χ2n) is 3.96. The third kappa shape index (κ3) is 2.39. The van der Waals surface area contributed by atoms with Crippen molar-refractivity contribution in [2.24, 2.45) is 0 Å². The van der Waals surface area contributed by atoms with Crippen molar-refractivity contribution >= 4 is 23.2 Å². The largest absolute Gasteiger partial charge is 0.357 e. The monoisotopic (exact) mass is 267 g/mol. The first kappa shape index (κ1) is 12.7. The molecule has 1 aliphatic heterocycles. The first-order valence-corrected chi connectivity index (χ1v) is 5.87. The molecule has 1 saturated heterocycles. The fourth-order valence-corrected chi connectivity index (χ4v) is 2.15. The van der Waals surface area contributed by atoms with Crippen LogP contribution in [0, 0.1) is 17.1 Å². The zero-order valence-corrected chi connectivity index (χ0v) is 10.2. The highest BCUT2D eigenvalue weighted by molar-refractivity contribution is 6.31. The van der Waals surface area contributed by atoms with Crippen molar-refractivity contribution in [1.29, 1.82) is 5.26 Å². The molecule has 1 N–H and O–H groups in total. The molecule has 0 radical (unpaired) electrons. The van der Waals surface area contributed by atoms with E-state index in [4.69, 9.17) is 16.9 Å². The van der Waals surface area contributed by atoms with Gasteiger partial charge in [0.2, 0.25) is 5.91 Å². The summed E-state index contributed by atoms with van der Waals surface area (Å²) >= 11 is 5.73. The van der Waals surface area contributed by atoms with Crippen LogP contribution in [0.2, 0.25) is 5.02 Å². The molecule has 0 aliphatic carbocycles. The maximum Gasteiger partial charge on any atom is 0.243 e. The van der Waals surface area contributed by atoms with Gasteiger partial charge in [-0.2, -0.15) is 5.26 Å². The summed E-state index contributed by atoms with van der Waals surface area (Å²) in [6.45, 7) is 1.07. The topological polar surface area (TPSA) is 56.1 Å². The molecule has 0 bridgehead atoms. The van der Waals surface area contributed by atoms with Crippen LogP contribution in [-0.2, 0) is 4.79 Å². The van der Waals surface area contributed by atoms with Crippen LogP contribution in [0.1, 0.15) is 6.42 Å². The lowest BCUT2D eigenvalue weighted by atomic mass is 10.1. The van der Waals surface area contributed by atoms with Crippen molar-refractivity contribution in [3.8, 4) is 6.07 Å². The smallest absolute Gasteiger partial charge is 0.243 e. The fraction of sp³-hybridized carbons (Fsp3) is 0.333. The first-order valence-electron chi connectivity index (χ1n) is 5.50. The highest BCUT2D eigenvalue weighted by Gasteiger charge is 2.29. The van der Waals surface area contributed by atoms with Crippen LogP contribution >= 0.6 is 11.6 Å². The summed E-state index contributed by atoms with van der Waals surface area (Å²) in [6, 6.07) is 5.72. The molecule has 1 heterocycles. The fourth-order valence-electron chi connectivity index (χ4n) is 1.98. The number of carbonyl (C=O) groups is 1. The number of nitrogens with one attached hydrogen (secondary N) is 1. The number of amides is 1. The molecular formula is C12H11ClFN3O. The Kier molecular flexibility index (Phi) is 3.68. The normalized spacial score (nSPS) is 19.3. The van der Waals surface area contributed by atoms with Crippen LogP contribution in [-0.4, -0.2) is 25.0 Å². The van der Waals surface area contributed by atoms with E-state index in [0.29, 0.717) is 18.8 Å². The van der Waals surface area contributed by atoms with E-state index in [1.807, 2.05) is 6.07 Å². The van der Waals surface area contributed by atoms with Crippen molar-refractivity contribution in [3.63, 3.8) is 0 Å². The van der Waals surface area contributed by atoms with Gasteiger partial charge in [-0.15, -0.1) is 0 Å². The summed E-state index contributed by atoms with van der Waals surface area (Å²) in [4.78, 5) is 13.5. The Bertz CT molecular complexity index is 515. The van der Waals surface area contributed by atoms with Crippen molar-refractivity contribution in [3.05, 3.63) is 29.0 Å². The number of carbonyl (C=O) groups excluding carboxylic acids is 1. The van der Waals surface area contributed by atoms with E-state index in [0.717, 1.165) is 0 Å². The van der Waals surface area contributed by atoms with Gasteiger partial charge in [0.1, 0.15) is 11.9 Å². The molecule has 1 atom stereocenters. The molecule has 0 saturated carbocycles. The predicted molar refractivity (Wildman–Crippen MR) is 65.8 cm³/mol. The summed E-state index contributed by atoms with van der Waals surface area (Å²) in [7, 11) is 0. The summed E-state index contributed by atoms with van der Waals surface area (Å²) in [6.07, 6.45) is 0.0842. The van der Waals surface area contributed by atoms with Gasteiger partial charge < -0.3 is 10.2 Å². The molecule has 1 aromatic carbocycles. The minimum absolute atomic E-state index is 0.00851. The third-order valence-electron chi connectivity index (χ3n) is 2.85. The van der Waals surface area contributed by atoms with Crippen molar-refractivity contribution < 1.29 is 9.18 Å². The lowest BCUT2D eigenvalue weighted by molar-refractivity contribution is -0.123. The van der Waals surface area contributed by atoms with Crippen LogP contribution in [0.3, 0.4) is 0 Å². The molecular weight excluding hydrogens is 257 g/mol. The maximum absolute atomic E-state index is 13.1. The lowest BCUT2D eigenvalue weighted by Crippen LogP contribution is -2.55. The summed E-state index contributed by atoms with van der Waals surface area (Å²) in [5.74, 6) is -0.693. The lowest BCUT2D eigenvalue weighted by Gasteiger charge is -2.35. The van der Waals surface area contributed by atoms with Crippen molar-refractivity contribution in [2.45, 2.75) is 12.5 Å². The highest BCUT2D eigenvalue weighted by atomic mass is 35.5. The maximum atomic E-state index is 13.1. The SMILES string of the molecule is N#CCC1C(=O)NCCN1c1ccc(F)c(Cl)c1. The van der Waals surface area contributed by atoms with Gasteiger partial charge in [0.15, 0.2) is 0 Å². The summed E-state index contributed by atoms with van der Waals surface area (Å²) in [5, 5.41) is 11.5. The first-order chi connectivity index (χ1) is 8.63. The van der Waals surface area contributed by atoms with Gasteiger partial charge in [0.25, 0.3) is 0 Å². The van der Waals surface area contributed by atoms with Crippen LogP contribution in [0.15, 0.2) is 18.2 Å². The predicted octanol–water partition coefficient (Wildman–Crippen LogP) is 1.70. The quantitative estimate of drug-likeness (QED) is 0.887. The van der Waals surface area contributed by atoms with E-state index in [9.17, 15) is 9.18 Å². The number of nitrogens with zero attached hydrogens (tertiary/aromatic N) is 2. The van der Waals surface area contributed by atoms with Gasteiger partial charge in [-0.3, -0.25) is 4.79 Å². The average molecular weight is 268 g/mol. The van der Waals surface area contributed by atoms with Crippen LogP contribution in [0.5, 0.6) is 0 Å². The Morgan fingerprint density at radius 3 is 3.06 bits per heavy atom. The van der Waals surface area contributed by atoms with Crippen molar-refractivity contribution in [1.82, 2.24) is 5.32 Å². The number of anilines is 1. The molecule has 1 unspecified atom stereocenters. The van der Waals surface area contributed by atoms with Crippen LogP contribution in [0.4, 0.5) is 10.1 Å². The summed E-state index contributed by atoms with van der Waals surface area (Å²) in [5.41, 5.74) is 0.650. The number of piperazine rings is 1. The number of nitriles is 1. The van der Waals surface area contributed by atoms with Gasteiger partial charge in [-0.25, -0.2) is 4.39 Å². The second kappa shape index (κ2) is 5.23. The molecule has 1 aromatic rings. The van der Waals surface area contributed by atoms with Gasteiger partial charge in [-0.05, 0) is 18.2 Å². The molecule has 18 heavy (non-hydrogen) atoms. The van der Waals surface area contributed by atoms with E-state index in [2.05, 4.69) is 5.32 Å². The molecule has 1 fully saturated rings. The Balaban J connectivity index is 2.31. The number of hydrogen-bond acceptors (Lipinski definition) is 3. The van der Waals surface area contributed by atoms with Gasteiger partial charge >= 0.3 is 0 Å². The Labute approximate surface area is 109 Å². The molecule has 4 nitrogen and oxygen atoms in total. The Hall–Kier alpha value is -1.80. The highest BCUT2D eigenvalue weighted by Crippen LogP contribution is 2.25. The number of halogens is 2. The zero-order chi connectivity index (χ0) is 13.1. The van der Waals surface area contributed by atoms with E-state index >= 15 is 0 Å². The number of benzene rings is 1. The molecule has 0 aromatic heterocycles. The van der Waals surface area contributed by atoms with E-state index in [1.54, 1.807) is 11.0 Å². The van der Waals surface area contributed by atoms with Crippen LogP contribution in [0.25, 0.3) is 0 Å². The minimum Gasteiger partial charge on any atom is -0.357 e. The molecule has 1 aliphatic rings. The standard InChI is InChI=1S/C12H11ClFN3O/c13-9-7-8(1-2-10(9)14)17-6-5-16-12(18)11(17)3-4-15/h1-2,7,11H,3,5-6H2,(H,16,18). The molecule has 6 heteroatoms. The summed E-state index contributed by atoms with van der Waals surface area (Å²) < 4.78 is 13.1. The Morgan fingerprint density at radius 2 is 2.39 bits per heavy atom. The van der Waals surface area contributed by atoms with Gasteiger partial charge in [0.05, 0.1) is 17.5 Å². The Morgan fingerprint density at radius 1 is 1.61 bits per heavy atom. The van der Waals surface area contributed by atoms with Gasteiger partial charge in [-0.1, -0.05) is 11.6 Å². The second-order valence-corrected chi connectivity index (χ2v) is 4.37. The van der Waals surface area contributed by atoms with E-state index < -0.39 is 11.9 Å². The zero-order valence-electron chi connectivity index (χ0n) is 9.49. The number of hydrogen-bond donors (Lipinski definition) is 1. The van der Waals surface area contributed by atoms with E-state index in [-0.39, 0.29) is 17.4 Å². The third-order valence-corrected chi connectivity index (χ3v) is 3.14. The molecule has 94 valence electrons. The van der Waals surface area contributed by atoms with Crippen molar-refractivity contribution in [2.75, 3.05) is 18.0 Å². The minimum atomic E-state index is -0.551. The average Bonchev–Trinajstić information content (AvgIpc) is 2.35. The van der Waals surface area contributed by atoms with E-state index in [1.165, 1.54) is 12.1 Å². The number of rotatable bonds is 2.